The van der Waals surface area contributed by atoms with Crippen molar-refractivity contribution in [2.45, 2.75) is 43.7 Å². The molecule has 1 unspecified atom stereocenters. The minimum Gasteiger partial charge on any atom is -0.346 e. The van der Waals surface area contributed by atoms with Crippen molar-refractivity contribution < 1.29 is 31.1 Å². The van der Waals surface area contributed by atoms with Gasteiger partial charge in [0.05, 0.1) is 35.1 Å². The number of aromatic nitrogens is 5. The monoisotopic (exact) mass is 621 g/mol. The lowest BCUT2D eigenvalue weighted by Crippen LogP contribution is -2.35. The summed E-state index contributed by atoms with van der Waals surface area (Å²) in [6, 6.07) is 12.0. The number of halogens is 6. The minimum atomic E-state index is -3.42. The van der Waals surface area contributed by atoms with Gasteiger partial charge in [0, 0.05) is 23.1 Å². The number of aromatic amines is 1. The first-order chi connectivity index (χ1) is 21.5. The number of hydrogen-bond donors (Lipinski definition) is 2. The van der Waals surface area contributed by atoms with Crippen LogP contribution in [-0.2, 0) is 23.7 Å². The van der Waals surface area contributed by atoms with Gasteiger partial charge >= 0.3 is 0 Å². The lowest BCUT2D eigenvalue weighted by Gasteiger charge is -2.22. The lowest BCUT2D eigenvalue weighted by molar-refractivity contribution is -0.123. The van der Waals surface area contributed by atoms with E-state index in [2.05, 4.69) is 25.6 Å². The Labute approximate surface area is 250 Å². The molecule has 3 heterocycles. The van der Waals surface area contributed by atoms with Crippen molar-refractivity contribution in [3.63, 3.8) is 0 Å². The summed E-state index contributed by atoms with van der Waals surface area (Å²) in [7, 11) is 0. The van der Waals surface area contributed by atoms with Crippen LogP contribution in [0.4, 0.5) is 26.3 Å². The summed E-state index contributed by atoms with van der Waals surface area (Å²) in [5.41, 5.74) is 1.15. The van der Waals surface area contributed by atoms with Crippen LogP contribution in [0.15, 0.2) is 54.7 Å². The average Bonchev–Trinajstić information content (AvgIpc) is 3.40. The van der Waals surface area contributed by atoms with Gasteiger partial charge < -0.3 is 5.32 Å². The van der Waals surface area contributed by atoms with E-state index in [0.717, 1.165) is 12.1 Å². The Morgan fingerprint density at radius 2 is 1.84 bits per heavy atom. The first-order valence-corrected chi connectivity index (χ1v) is 13.9. The summed E-state index contributed by atoms with van der Waals surface area (Å²) in [5.74, 6) is -7.82. The molecule has 2 aliphatic carbocycles. The van der Waals surface area contributed by atoms with Crippen LogP contribution >= 0.6 is 0 Å². The zero-order valence-corrected chi connectivity index (χ0v) is 23.0. The summed E-state index contributed by atoms with van der Waals surface area (Å²) in [4.78, 5) is 18.2. The number of nitrogens with one attached hydrogen (secondary N) is 2. The van der Waals surface area contributed by atoms with Crippen molar-refractivity contribution in [2.75, 3.05) is 0 Å². The molecule has 7 rings (SSSR count). The van der Waals surface area contributed by atoms with Crippen LogP contribution in [0.2, 0.25) is 0 Å². The number of nitriles is 1. The third-order valence-corrected chi connectivity index (χ3v) is 8.27. The topological polar surface area (TPSA) is 112 Å². The molecule has 14 heteroatoms. The summed E-state index contributed by atoms with van der Waals surface area (Å²) >= 11 is 0. The molecule has 2 N–H and O–H groups in total. The number of carbonyl (C=O) groups excluding carboxylic acids is 1. The molecule has 0 bridgehead atoms. The Balaban J connectivity index is 1.29. The molecule has 3 atom stereocenters. The maximum absolute atomic E-state index is 15.1. The lowest BCUT2D eigenvalue weighted by atomic mass is 9.94. The zero-order valence-electron chi connectivity index (χ0n) is 23.0. The first kappa shape index (κ1) is 28.6. The van der Waals surface area contributed by atoms with Gasteiger partial charge in [-0.15, -0.1) is 0 Å². The summed E-state index contributed by atoms with van der Waals surface area (Å²) in [6.07, 6.45) is -1.77. The van der Waals surface area contributed by atoms with Crippen LogP contribution < -0.4 is 5.32 Å². The molecule has 5 aromatic rings. The molecule has 3 aromatic heterocycles. The Morgan fingerprint density at radius 1 is 1.11 bits per heavy atom. The number of H-pyrrole nitrogens is 1. The van der Waals surface area contributed by atoms with Crippen LogP contribution in [0, 0.1) is 28.9 Å². The molecule has 0 aliphatic heterocycles. The number of fused-ring (bicyclic) bond motifs is 4. The fourth-order valence-corrected chi connectivity index (χ4v) is 6.25. The highest BCUT2D eigenvalue weighted by atomic mass is 19.3. The Hall–Kier alpha value is -5.19. The third kappa shape index (κ3) is 4.98. The molecule has 8 nitrogen and oxygen atoms in total. The molecule has 1 amide bonds. The molecule has 0 saturated heterocycles. The van der Waals surface area contributed by atoms with E-state index in [1.165, 1.54) is 6.20 Å². The van der Waals surface area contributed by atoms with Gasteiger partial charge in [-0.3, -0.25) is 14.6 Å². The van der Waals surface area contributed by atoms with Gasteiger partial charge in [-0.25, -0.2) is 22.5 Å². The largest absolute Gasteiger partial charge is 0.346 e. The molecule has 2 aromatic carbocycles. The van der Waals surface area contributed by atoms with E-state index in [9.17, 15) is 27.6 Å². The number of hydrogen-bond acceptors (Lipinski definition) is 5. The maximum atomic E-state index is 15.1. The molecule has 0 radical (unpaired) electrons. The van der Waals surface area contributed by atoms with Gasteiger partial charge in [0.15, 0.2) is 0 Å². The van der Waals surface area contributed by atoms with E-state index >= 15 is 8.78 Å². The van der Waals surface area contributed by atoms with E-state index < -0.39 is 65.7 Å². The third-order valence-electron chi connectivity index (χ3n) is 8.27. The molecule has 228 valence electrons. The van der Waals surface area contributed by atoms with Crippen molar-refractivity contribution in [3.8, 4) is 17.2 Å². The SMILES string of the molecule is N#Cc1ccc(-c2cc3[nH]ncc3nc2C(Cc2cc(F)cc(F)c2)NC(=O)Cn2nc(C(F)F)c3c2C(F)(F)[C@@H]2C[C@H]32)cc1. The van der Waals surface area contributed by atoms with Gasteiger partial charge in [-0.05, 0) is 60.2 Å². The minimum absolute atomic E-state index is 0.0736. The van der Waals surface area contributed by atoms with E-state index in [-0.39, 0.29) is 29.7 Å². The van der Waals surface area contributed by atoms with Gasteiger partial charge in [0.1, 0.15) is 35.1 Å². The van der Waals surface area contributed by atoms with Crippen LogP contribution in [0.5, 0.6) is 0 Å². The predicted octanol–water partition coefficient (Wildman–Crippen LogP) is 6.22. The van der Waals surface area contributed by atoms with Crippen LogP contribution in [0.25, 0.3) is 22.2 Å². The number of alkyl halides is 4. The Morgan fingerprint density at radius 3 is 2.53 bits per heavy atom. The summed E-state index contributed by atoms with van der Waals surface area (Å²) in [6.45, 7) is -0.807. The number of pyridine rings is 1. The molecular weight excluding hydrogens is 600 g/mol. The Kier molecular flexibility index (Phi) is 6.65. The van der Waals surface area contributed by atoms with Gasteiger partial charge in [0.2, 0.25) is 5.91 Å². The molecule has 1 saturated carbocycles. The van der Waals surface area contributed by atoms with Crippen molar-refractivity contribution in [1.29, 1.82) is 5.26 Å². The fraction of sp³-hybridized carbons (Fsp3) is 0.258. The number of benzene rings is 2. The highest BCUT2D eigenvalue weighted by molar-refractivity contribution is 5.83. The van der Waals surface area contributed by atoms with E-state index in [1.807, 2.05) is 6.07 Å². The number of nitrogens with zero attached hydrogens (tertiary/aromatic N) is 5. The second-order valence-corrected chi connectivity index (χ2v) is 11.2. The smallest absolute Gasteiger partial charge is 0.293 e. The van der Waals surface area contributed by atoms with Crippen molar-refractivity contribution in [1.82, 2.24) is 30.3 Å². The van der Waals surface area contributed by atoms with E-state index in [0.29, 0.717) is 38.5 Å². The van der Waals surface area contributed by atoms with E-state index in [4.69, 9.17) is 0 Å². The van der Waals surface area contributed by atoms with Gasteiger partial charge in [0.25, 0.3) is 12.3 Å². The quantitative estimate of drug-likeness (QED) is 0.200. The normalized spacial score (nSPS) is 18.4. The van der Waals surface area contributed by atoms with Crippen LogP contribution in [0.1, 0.15) is 58.6 Å². The van der Waals surface area contributed by atoms with E-state index in [1.54, 1.807) is 30.3 Å². The number of amides is 1. The number of rotatable bonds is 8. The second-order valence-electron chi connectivity index (χ2n) is 11.2. The maximum Gasteiger partial charge on any atom is 0.293 e. The summed E-state index contributed by atoms with van der Waals surface area (Å²) in [5, 5.41) is 22.5. The Bertz CT molecular complexity index is 1990. The van der Waals surface area contributed by atoms with Gasteiger partial charge in [-0.1, -0.05) is 12.1 Å². The number of carbonyl (C=O) groups is 1. The van der Waals surface area contributed by atoms with Crippen LogP contribution in [-0.4, -0.2) is 30.9 Å². The highest BCUT2D eigenvalue weighted by Crippen LogP contribution is 2.68. The average molecular weight is 622 g/mol. The molecule has 0 spiro atoms. The van der Waals surface area contributed by atoms with Crippen LogP contribution in [0.3, 0.4) is 0 Å². The van der Waals surface area contributed by atoms with Crippen molar-refractivity contribution in [3.05, 3.63) is 100 Å². The fourth-order valence-electron chi connectivity index (χ4n) is 6.25. The van der Waals surface area contributed by atoms with Crippen molar-refractivity contribution in [2.24, 2.45) is 5.92 Å². The first-order valence-electron chi connectivity index (χ1n) is 13.9. The standard InChI is InChI=1S/C31H21F6N7O/c32-17-5-15(6-18(33)8-17)7-23(27-19(10-22-24(41-27)12-39-42-22)16-3-1-14(11-38)2-4-16)40-25(45)13-44-29-26(28(43-44)30(34)35)20-9-21(20)31(29,36)37/h1-6,8,10,12,20-21,23,30H,7,9,13H2,(H,39,42)(H,40,45)/t20-,21+,23?/m0/s1. The molecule has 45 heavy (non-hydrogen) atoms. The second kappa shape index (κ2) is 10.5. The molecule has 1 fully saturated rings. The zero-order chi connectivity index (χ0) is 31.6. The molecule has 2 aliphatic rings. The highest BCUT2D eigenvalue weighted by Gasteiger charge is 2.67. The molecular formula is C31H21F6N7O. The summed E-state index contributed by atoms with van der Waals surface area (Å²) < 4.78 is 86.8. The predicted molar refractivity (Wildman–Crippen MR) is 147 cm³/mol. The van der Waals surface area contributed by atoms with Crippen molar-refractivity contribution >= 4 is 16.9 Å². The van der Waals surface area contributed by atoms with Gasteiger partial charge in [-0.2, -0.15) is 24.2 Å².